The monoisotopic (exact) mass is 234 g/mol. The molecule has 0 amide bonds. The third-order valence-electron chi connectivity index (χ3n) is 4.44. The normalized spacial score (nSPS) is 27.7. The molecule has 3 heteroatoms. The Morgan fingerprint density at radius 1 is 1.41 bits per heavy atom. The van der Waals surface area contributed by atoms with E-state index in [0.717, 1.165) is 24.6 Å². The van der Waals surface area contributed by atoms with Crippen molar-refractivity contribution in [2.45, 2.75) is 63.3 Å². The predicted octanol–water partition coefficient (Wildman–Crippen LogP) is 2.80. The van der Waals surface area contributed by atoms with Crippen LogP contribution in [-0.4, -0.2) is 17.6 Å². The van der Waals surface area contributed by atoms with Gasteiger partial charge in [0.05, 0.1) is 6.20 Å². The number of rotatable bonds is 3. The van der Waals surface area contributed by atoms with Crippen LogP contribution in [0.2, 0.25) is 0 Å². The molecule has 1 N–H and O–H groups in total. The van der Waals surface area contributed by atoms with Gasteiger partial charge >= 0.3 is 0 Å². The van der Waals surface area contributed by atoms with E-state index in [9.17, 15) is 0 Å². The van der Waals surface area contributed by atoms with Gasteiger partial charge in [-0.25, -0.2) is 4.98 Å². The van der Waals surface area contributed by atoms with Gasteiger partial charge in [0.15, 0.2) is 5.89 Å². The Hall–Kier alpha value is -0.830. The van der Waals surface area contributed by atoms with Crippen molar-refractivity contribution >= 4 is 0 Å². The first-order valence-electron chi connectivity index (χ1n) is 6.95. The molecular weight excluding hydrogens is 212 g/mol. The van der Waals surface area contributed by atoms with Crippen molar-refractivity contribution in [2.24, 2.45) is 0 Å². The highest BCUT2D eigenvalue weighted by Gasteiger charge is 2.37. The fraction of sp³-hybridized carbons (Fsp3) is 0.786. The zero-order chi connectivity index (χ0) is 11.7. The van der Waals surface area contributed by atoms with Crippen LogP contribution in [0.25, 0.3) is 0 Å². The number of hydrogen-bond donors (Lipinski definition) is 1. The molecule has 2 fully saturated rings. The Morgan fingerprint density at radius 3 is 2.94 bits per heavy atom. The van der Waals surface area contributed by atoms with Gasteiger partial charge in [-0.1, -0.05) is 19.8 Å². The van der Waals surface area contributed by atoms with Gasteiger partial charge in [-0.15, -0.1) is 0 Å². The Kier molecular flexibility index (Phi) is 2.95. The number of piperidine rings is 1. The molecule has 1 atom stereocenters. The summed E-state index contributed by atoms with van der Waals surface area (Å²) >= 11 is 0. The molecule has 1 aromatic rings. The number of nitrogens with zero attached hydrogens (tertiary/aromatic N) is 1. The molecule has 2 aliphatic rings. The Bertz CT molecular complexity index is 375. The van der Waals surface area contributed by atoms with Crippen molar-refractivity contribution in [1.29, 1.82) is 0 Å². The SMILES string of the molecule is CC1(c2cnc(CC3CCCCN3)o2)CCC1. The summed E-state index contributed by atoms with van der Waals surface area (Å²) in [6, 6.07) is 0.574. The van der Waals surface area contributed by atoms with E-state index in [-0.39, 0.29) is 5.41 Å². The molecular formula is C14H22N2O. The molecule has 1 unspecified atom stereocenters. The van der Waals surface area contributed by atoms with Crippen LogP contribution in [0.1, 0.15) is 57.1 Å². The Morgan fingerprint density at radius 2 is 2.29 bits per heavy atom. The van der Waals surface area contributed by atoms with Gasteiger partial charge < -0.3 is 9.73 Å². The van der Waals surface area contributed by atoms with Gasteiger partial charge in [0.25, 0.3) is 0 Å². The van der Waals surface area contributed by atoms with Crippen LogP contribution < -0.4 is 5.32 Å². The Balaban J connectivity index is 1.63. The molecule has 0 bridgehead atoms. The maximum Gasteiger partial charge on any atom is 0.195 e. The lowest BCUT2D eigenvalue weighted by molar-refractivity contribution is 0.217. The first-order valence-corrected chi connectivity index (χ1v) is 6.95. The molecule has 1 saturated heterocycles. The minimum Gasteiger partial charge on any atom is -0.445 e. The summed E-state index contributed by atoms with van der Waals surface area (Å²) in [6.45, 7) is 3.44. The maximum atomic E-state index is 5.94. The second kappa shape index (κ2) is 4.45. The predicted molar refractivity (Wildman–Crippen MR) is 67.1 cm³/mol. The minimum atomic E-state index is 0.283. The molecule has 17 heavy (non-hydrogen) atoms. The fourth-order valence-corrected chi connectivity index (χ4v) is 2.95. The van der Waals surface area contributed by atoms with Crippen molar-refractivity contribution in [3.63, 3.8) is 0 Å². The van der Waals surface area contributed by atoms with Gasteiger partial charge in [-0.2, -0.15) is 0 Å². The molecule has 1 aliphatic carbocycles. The molecule has 0 radical (unpaired) electrons. The Labute approximate surface area is 103 Å². The van der Waals surface area contributed by atoms with Crippen LogP contribution in [-0.2, 0) is 11.8 Å². The van der Waals surface area contributed by atoms with E-state index in [1.54, 1.807) is 0 Å². The summed E-state index contributed by atoms with van der Waals surface area (Å²) in [5.74, 6) is 2.03. The molecule has 2 heterocycles. The van der Waals surface area contributed by atoms with Gasteiger partial charge in [0.2, 0.25) is 0 Å². The van der Waals surface area contributed by atoms with E-state index in [2.05, 4.69) is 17.2 Å². The standard InChI is InChI=1S/C14H22N2O/c1-14(6-4-7-14)12-10-16-13(17-12)9-11-5-2-3-8-15-11/h10-11,15H,2-9H2,1H3. The van der Waals surface area contributed by atoms with E-state index in [0.29, 0.717) is 6.04 Å². The molecule has 3 rings (SSSR count). The number of oxazole rings is 1. The first kappa shape index (κ1) is 11.3. The largest absolute Gasteiger partial charge is 0.445 e. The molecule has 0 spiro atoms. The van der Waals surface area contributed by atoms with Crippen molar-refractivity contribution < 1.29 is 4.42 Å². The van der Waals surface area contributed by atoms with E-state index in [1.165, 1.54) is 38.5 Å². The lowest BCUT2D eigenvalue weighted by Crippen LogP contribution is -2.35. The summed E-state index contributed by atoms with van der Waals surface area (Å²) in [7, 11) is 0. The van der Waals surface area contributed by atoms with E-state index in [1.807, 2.05) is 6.20 Å². The van der Waals surface area contributed by atoms with Gasteiger partial charge in [0.1, 0.15) is 5.76 Å². The van der Waals surface area contributed by atoms with Crippen molar-refractivity contribution in [3.8, 4) is 0 Å². The fourth-order valence-electron chi connectivity index (χ4n) is 2.95. The topological polar surface area (TPSA) is 38.1 Å². The van der Waals surface area contributed by atoms with Crippen LogP contribution in [0.5, 0.6) is 0 Å². The average molecular weight is 234 g/mol. The molecule has 1 aliphatic heterocycles. The van der Waals surface area contributed by atoms with Crippen LogP contribution in [0.3, 0.4) is 0 Å². The molecule has 3 nitrogen and oxygen atoms in total. The minimum absolute atomic E-state index is 0.283. The second-order valence-corrected chi connectivity index (χ2v) is 5.88. The maximum absolute atomic E-state index is 5.94. The number of hydrogen-bond acceptors (Lipinski definition) is 3. The third kappa shape index (κ3) is 2.25. The zero-order valence-corrected chi connectivity index (χ0v) is 10.7. The zero-order valence-electron chi connectivity index (χ0n) is 10.7. The molecule has 1 saturated carbocycles. The van der Waals surface area contributed by atoms with Crippen LogP contribution in [0, 0.1) is 0 Å². The van der Waals surface area contributed by atoms with Crippen molar-refractivity contribution in [2.75, 3.05) is 6.54 Å². The third-order valence-corrected chi connectivity index (χ3v) is 4.44. The van der Waals surface area contributed by atoms with Crippen molar-refractivity contribution in [1.82, 2.24) is 10.3 Å². The van der Waals surface area contributed by atoms with Gasteiger partial charge in [0, 0.05) is 17.9 Å². The van der Waals surface area contributed by atoms with Crippen LogP contribution in [0.4, 0.5) is 0 Å². The average Bonchev–Trinajstić information content (AvgIpc) is 2.76. The highest BCUT2D eigenvalue weighted by molar-refractivity contribution is 5.14. The second-order valence-electron chi connectivity index (χ2n) is 5.88. The molecule has 0 aromatic carbocycles. The summed E-state index contributed by atoms with van der Waals surface area (Å²) in [4.78, 5) is 4.45. The lowest BCUT2D eigenvalue weighted by Gasteiger charge is -2.35. The first-order chi connectivity index (χ1) is 8.26. The van der Waals surface area contributed by atoms with Gasteiger partial charge in [-0.05, 0) is 32.2 Å². The van der Waals surface area contributed by atoms with E-state index >= 15 is 0 Å². The lowest BCUT2D eigenvalue weighted by atomic mass is 9.69. The quantitative estimate of drug-likeness (QED) is 0.874. The molecule has 1 aromatic heterocycles. The number of aromatic nitrogens is 1. The summed E-state index contributed by atoms with van der Waals surface area (Å²) < 4.78 is 5.94. The highest BCUT2D eigenvalue weighted by atomic mass is 16.4. The summed E-state index contributed by atoms with van der Waals surface area (Å²) in [5.41, 5.74) is 0.283. The smallest absolute Gasteiger partial charge is 0.195 e. The van der Waals surface area contributed by atoms with Crippen molar-refractivity contribution in [3.05, 3.63) is 17.8 Å². The van der Waals surface area contributed by atoms with Crippen LogP contribution >= 0.6 is 0 Å². The van der Waals surface area contributed by atoms with Crippen LogP contribution in [0.15, 0.2) is 10.6 Å². The summed E-state index contributed by atoms with van der Waals surface area (Å²) in [5, 5.41) is 3.54. The summed E-state index contributed by atoms with van der Waals surface area (Å²) in [6.07, 6.45) is 10.7. The van der Waals surface area contributed by atoms with Gasteiger partial charge in [-0.3, -0.25) is 0 Å². The number of nitrogens with one attached hydrogen (secondary N) is 1. The highest BCUT2D eigenvalue weighted by Crippen LogP contribution is 2.43. The molecule has 94 valence electrons. The van der Waals surface area contributed by atoms with E-state index < -0.39 is 0 Å². The van der Waals surface area contributed by atoms with E-state index in [4.69, 9.17) is 4.42 Å².